The number of rotatable bonds is 3. The van der Waals surface area contributed by atoms with Crippen LogP contribution in [0, 0.1) is 12.3 Å². The van der Waals surface area contributed by atoms with E-state index in [1.165, 1.54) is 36.2 Å². The van der Waals surface area contributed by atoms with Crippen LogP contribution in [0.5, 0.6) is 0 Å². The SMILES string of the molecule is C#CCN(C)C(=O)c1ccc(N2N=C(C(F)(F)F)CC2=O)cc1. The normalized spacial score (nSPS) is 14.5. The fraction of sp³-hybridized carbons (Fsp3) is 0.267. The zero-order chi connectivity index (χ0) is 17.2. The molecule has 1 aromatic rings. The Kier molecular flexibility index (Phi) is 4.40. The van der Waals surface area contributed by atoms with Crippen molar-refractivity contribution < 1.29 is 22.8 Å². The summed E-state index contributed by atoms with van der Waals surface area (Å²) in [5, 5.41) is 3.99. The van der Waals surface area contributed by atoms with Crippen molar-refractivity contribution in [1.82, 2.24) is 4.90 Å². The van der Waals surface area contributed by atoms with E-state index in [0.717, 1.165) is 0 Å². The maximum Gasteiger partial charge on any atom is 0.431 e. The Morgan fingerprint density at radius 1 is 1.39 bits per heavy atom. The van der Waals surface area contributed by atoms with Gasteiger partial charge in [-0.15, -0.1) is 6.42 Å². The van der Waals surface area contributed by atoms with Crippen LogP contribution in [-0.2, 0) is 4.79 Å². The van der Waals surface area contributed by atoms with Crippen molar-refractivity contribution in [3.63, 3.8) is 0 Å². The Morgan fingerprint density at radius 2 is 2.00 bits per heavy atom. The van der Waals surface area contributed by atoms with Crippen LogP contribution < -0.4 is 5.01 Å². The highest BCUT2D eigenvalue weighted by molar-refractivity contribution is 6.14. The highest BCUT2D eigenvalue weighted by Gasteiger charge is 2.42. The molecule has 0 fully saturated rings. The third-order valence-electron chi connectivity index (χ3n) is 3.14. The molecule has 0 saturated carbocycles. The van der Waals surface area contributed by atoms with Crippen molar-refractivity contribution in [2.45, 2.75) is 12.6 Å². The summed E-state index contributed by atoms with van der Waals surface area (Å²) in [4.78, 5) is 25.0. The van der Waals surface area contributed by atoms with Crippen molar-refractivity contribution in [2.24, 2.45) is 5.10 Å². The molecule has 1 aromatic carbocycles. The maximum atomic E-state index is 12.6. The molecule has 0 N–H and O–H groups in total. The number of amides is 2. The Balaban J connectivity index is 2.21. The maximum absolute atomic E-state index is 12.6. The quantitative estimate of drug-likeness (QED) is 0.800. The molecule has 1 aliphatic heterocycles. The third-order valence-corrected chi connectivity index (χ3v) is 3.14. The van der Waals surface area contributed by atoms with Gasteiger partial charge in [-0.25, -0.2) is 5.01 Å². The average Bonchev–Trinajstić information content (AvgIpc) is 2.89. The molecule has 0 aromatic heterocycles. The lowest BCUT2D eigenvalue weighted by Gasteiger charge is -2.15. The summed E-state index contributed by atoms with van der Waals surface area (Å²) in [7, 11) is 1.53. The van der Waals surface area contributed by atoms with Crippen LogP contribution in [0.1, 0.15) is 16.8 Å². The summed E-state index contributed by atoms with van der Waals surface area (Å²) in [5.41, 5.74) is -0.681. The van der Waals surface area contributed by atoms with E-state index in [0.29, 0.717) is 10.6 Å². The molecule has 0 aliphatic carbocycles. The van der Waals surface area contributed by atoms with Gasteiger partial charge >= 0.3 is 6.18 Å². The molecule has 8 heteroatoms. The number of terminal acetylenes is 1. The number of halogens is 3. The number of hydrogen-bond acceptors (Lipinski definition) is 3. The van der Waals surface area contributed by atoms with Gasteiger partial charge in [0.1, 0.15) is 0 Å². The second-order valence-electron chi connectivity index (χ2n) is 4.84. The summed E-state index contributed by atoms with van der Waals surface area (Å²) >= 11 is 0. The van der Waals surface area contributed by atoms with E-state index in [9.17, 15) is 22.8 Å². The number of hydrogen-bond donors (Lipinski definition) is 0. The second-order valence-corrected chi connectivity index (χ2v) is 4.84. The number of benzene rings is 1. The average molecular weight is 323 g/mol. The van der Waals surface area contributed by atoms with Crippen molar-refractivity contribution in [3.8, 4) is 12.3 Å². The summed E-state index contributed by atoms with van der Waals surface area (Å²) in [5.74, 6) is 1.22. The van der Waals surface area contributed by atoms with Crippen LogP contribution >= 0.6 is 0 Å². The van der Waals surface area contributed by atoms with Crippen molar-refractivity contribution in [2.75, 3.05) is 18.6 Å². The Bertz CT molecular complexity index is 702. The predicted octanol–water partition coefficient (Wildman–Crippen LogP) is 2.05. The predicted molar refractivity (Wildman–Crippen MR) is 77.8 cm³/mol. The Labute approximate surface area is 130 Å². The van der Waals surface area contributed by atoms with Crippen molar-refractivity contribution in [1.29, 1.82) is 0 Å². The molecule has 5 nitrogen and oxygen atoms in total. The first-order valence-corrected chi connectivity index (χ1v) is 6.50. The molecule has 1 aliphatic rings. The summed E-state index contributed by atoms with van der Waals surface area (Å²) in [6.45, 7) is 0.129. The third kappa shape index (κ3) is 3.51. The zero-order valence-corrected chi connectivity index (χ0v) is 12.1. The van der Waals surface area contributed by atoms with Crippen LogP contribution in [0.15, 0.2) is 29.4 Å². The van der Waals surface area contributed by atoms with Gasteiger partial charge in [-0.05, 0) is 24.3 Å². The Hall–Kier alpha value is -2.82. The molecule has 2 rings (SSSR count). The molecular weight excluding hydrogens is 311 g/mol. The molecule has 0 bridgehead atoms. The van der Waals surface area contributed by atoms with E-state index in [4.69, 9.17) is 6.42 Å². The van der Waals surface area contributed by atoms with Crippen molar-refractivity contribution in [3.05, 3.63) is 29.8 Å². The number of hydrazone groups is 1. The first kappa shape index (κ1) is 16.5. The minimum absolute atomic E-state index is 0.129. The van der Waals surface area contributed by atoms with Gasteiger partial charge in [-0.1, -0.05) is 5.92 Å². The van der Waals surface area contributed by atoms with Gasteiger partial charge in [0.2, 0.25) is 0 Å². The fourth-order valence-electron chi connectivity index (χ4n) is 1.96. The van der Waals surface area contributed by atoms with E-state index in [1.54, 1.807) is 0 Å². The minimum atomic E-state index is -4.64. The van der Waals surface area contributed by atoms with Gasteiger partial charge in [-0.3, -0.25) is 9.59 Å². The molecule has 0 spiro atoms. The second kappa shape index (κ2) is 6.12. The highest BCUT2D eigenvalue weighted by Crippen LogP contribution is 2.28. The largest absolute Gasteiger partial charge is 0.431 e. The van der Waals surface area contributed by atoms with E-state index in [-0.39, 0.29) is 18.1 Å². The topological polar surface area (TPSA) is 53.0 Å². The molecule has 0 radical (unpaired) electrons. The molecule has 120 valence electrons. The first-order valence-electron chi connectivity index (χ1n) is 6.50. The van der Waals surface area contributed by atoms with Crippen LogP contribution in [-0.4, -0.2) is 42.2 Å². The first-order chi connectivity index (χ1) is 10.7. The Morgan fingerprint density at radius 3 is 2.48 bits per heavy atom. The summed E-state index contributed by atoms with van der Waals surface area (Å²) in [6.07, 6.45) is -0.316. The molecule has 2 amide bonds. The molecular formula is C15H12F3N3O2. The van der Waals surface area contributed by atoms with E-state index in [1.807, 2.05) is 0 Å². The standard InChI is InChI=1S/C15H12F3N3O2/c1-3-8-20(2)14(23)10-4-6-11(7-5-10)21-13(22)9-12(19-21)15(16,17)18/h1,4-7H,8-9H2,2H3. The number of carbonyl (C=O) groups is 2. The van der Waals surface area contributed by atoms with Crippen LogP contribution in [0.2, 0.25) is 0 Å². The van der Waals surface area contributed by atoms with Gasteiger partial charge in [0.25, 0.3) is 11.8 Å². The lowest BCUT2D eigenvalue weighted by molar-refractivity contribution is -0.117. The zero-order valence-electron chi connectivity index (χ0n) is 12.1. The molecule has 1 heterocycles. The number of carbonyl (C=O) groups excluding carboxylic acids is 2. The van der Waals surface area contributed by atoms with E-state index < -0.39 is 24.2 Å². The van der Waals surface area contributed by atoms with Crippen LogP contribution in [0.4, 0.5) is 18.9 Å². The number of anilines is 1. The minimum Gasteiger partial charge on any atom is -0.331 e. The lowest BCUT2D eigenvalue weighted by Crippen LogP contribution is -2.27. The molecule has 0 unspecified atom stereocenters. The number of nitrogens with zero attached hydrogens (tertiary/aromatic N) is 3. The van der Waals surface area contributed by atoms with E-state index in [2.05, 4.69) is 11.0 Å². The molecule has 23 heavy (non-hydrogen) atoms. The van der Waals surface area contributed by atoms with E-state index >= 15 is 0 Å². The van der Waals surface area contributed by atoms with Gasteiger partial charge < -0.3 is 4.90 Å². The lowest BCUT2D eigenvalue weighted by atomic mass is 10.1. The summed E-state index contributed by atoms with van der Waals surface area (Å²) in [6, 6.07) is 5.52. The number of alkyl halides is 3. The van der Waals surface area contributed by atoms with Gasteiger partial charge in [0.15, 0.2) is 5.71 Å². The highest BCUT2D eigenvalue weighted by atomic mass is 19.4. The van der Waals surface area contributed by atoms with Gasteiger partial charge in [0.05, 0.1) is 18.7 Å². The van der Waals surface area contributed by atoms with Crippen LogP contribution in [0.25, 0.3) is 0 Å². The molecule has 0 saturated heterocycles. The monoisotopic (exact) mass is 323 g/mol. The fourth-order valence-corrected chi connectivity index (χ4v) is 1.96. The molecule has 0 atom stereocenters. The smallest absolute Gasteiger partial charge is 0.331 e. The van der Waals surface area contributed by atoms with Crippen LogP contribution in [0.3, 0.4) is 0 Å². The van der Waals surface area contributed by atoms with Gasteiger partial charge in [-0.2, -0.15) is 18.3 Å². The van der Waals surface area contributed by atoms with Gasteiger partial charge in [0, 0.05) is 12.6 Å². The van der Waals surface area contributed by atoms with Crippen molar-refractivity contribution >= 4 is 23.2 Å². The summed E-state index contributed by atoms with van der Waals surface area (Å²) < 4.78 is 37.7.